The molecule has 0 unspecified atom stereocenters. The number of ether oxygens (including phenoxy) is 2. The summed E-state index contributed by atoms with van der Waals surface area (Å²) in [6.07, 6.45) is 1.27. The highest BCUT2D eigenvalue weighted by Crippen LogP contribution is 2.46. The summed E-state index contributed by atoms with van der Waals surface area (Å²) in [5.41, 5.74) is 0.913. The predicted octanol–water partition coefficient (Wildman–Crippen LogP) is 1.76. The lowest BCUT2D eigenvalue weighted by molar-refractivity contribution is 0.156. The maximum Gasteiger partial charge on any atom is 0.142 e. The van der Waals surface area contributed by atoms with Crippen LogP contribution in [0.1, 0.15) is 0 Å². The largest absolute Gasteiger partial charge is 0.495 e. The molecule has 1 aromatic carbocycles. The van der Waals surface area contributed by atoms with Crippen LogP contribution >= 0.6 is 7.14 Å². The van der Waals surface area contributed by atoms with Crippen LogP contribution in [-0.4, -0.2) is 39.7 Å². The summed E-state index contributed by atoms with van der Waals surface area (Å²) in [5.74, 6) is 0.742. The molecule has 94 valence electrons. The average Bonchev–Trinajstić information content (AvgIpc) is 2.38. The Morgan fingerprint density at radius 2 is 2.06 bits per heavy atom. The zero-order chi connectivity index (χ0) is 12.3. The van der Waals surface area contributed by atoms with Crippen molar-refractivity contribution in [2.45, 2.75) is 0 Å². The highest BCUT2D eigenvalue weighted by Gasteiger charge is 2.28. The third kappa shape index (κ3) is 2.48. The van der Waals surface area contributed by atoms with Crippen molar-refractivity contribution in [3.8, 4) is 5.75 Å². The number of rotatable bonds is 3. The molecule has 0 bridgehead atoms. The molecule has 2 rings (SSSR count). The van der Waals surface area contributed by atoms with Crippen molar-refractivity contribution in [1.82, 2.24) is 0 Å². The molecule has 0 amide bonds. The maximum atomic E-state index is 12.7. The van der Waals surface area contributed by atoms with Crippen LogP contribution in [0.25, 0.3) is 0 Å². The molecule has 5 heteroatoms. The van der Waals surface area contributed by atoms with Crippen molar-refractivity contribution in [2.24, 2.45) is 0 Å². The molecule has 0 aromatic heterocycles. The van der Waals surface area contributed by atoms with Gasteiger partial charge < -0.3 is 19.4 Å². The Morgan fingerprint density at radius 1 is 1.35 bits per heavy atom. The summed E-state index contributed by atoms with van der Waals surface area (Å²) in [4.78, 5) is 0. The van der Waals surface area contributed by atoms with Crippen molar-refractivity contribution in [2.75, 3.05) is 45.0 Å². The SMILES string of the molecule is CNc1ccc(P2(=O)CCOCC2)cc1OC. The van der Waals surface area contributed by atoms with Gasteiger partial charge in [-0.3, -0.25) is 0 Å². The second-order valence-electron chi connectivity index (χ2n) is 4.08. The van der Waals surface area contributed by atoms with Gasteiger partial charge in [-0.2, -0.15) is 0 Å². The third-order valence-electron chi connectivity index (χ3n) is 3.12. The van der Waals surface area contributed by atoms with Crippen LogP contribution in [0.3, 0.4) is 0 Å². The monoisotopic (exact) mass is 255 g/mol. The van der Waals surface area contributed by atoms with Gasteiger partial charge in [0.05, 0.1) is 26.0 Å². The fourth-order valence-electron chi connectivity index (χ4n) is 2.04. The molecule has 1 aliphatic heterocycles. The third-order valence-corrected chi connectivity index (χ3v) is 6.15. The lowest BCUT2D eigenvalue weighted by Gasteiger charge is -2.24. The van der Waals surface area contributed by atoms with Gasteiger partial charge in [-0.25, -0.2) is 0 Å². The first-order valence-corrected chi connectivity index (χ1v) is 7.79. The number of anilines is 1. The molecule has 17 heavy (non-hydrogen) atoms. The fraction of sp³-hybridized carbons (Fsp3) is 0.500. The van der Waals surface area contributed by atoms with Gasteiger partial charge in [0.2, 0.25) is 0 Å². The van der Waals surface area contributed by atoms with Gasteiger partial charge in [-0.1, -0.05) is 0 Å². The average molecular weight is 255 g/mol. The van der Waals surface area contributed by atoms with Crippen LogP contribution in [0.2, 0.25) is 0 Å². The Hall–Kier alpha value is -0.990. The van der Waals surface area contributed by atoms with Gasteiger partial charge >= 0.3 is 0 Å². The van der Waals surface area contributed by atoms with Crippen LogP contribution in [0, 0.1) is 0 Å². The van der Waals surface area contributed by atoms with Gasteiger partial charge in [-0.05, 0) is 18.2 Å². The van der Waals surface area contributed by atoms with E-state index in [1.54, 1.807) is 7.11 Å². The number of nitrogens with one attached hydrogen (secondary N) is 1. The number of methoxy groups -OCH3 is 1. The van der Waals surface area contributed by atoms with Crippen molar-refractivity contribution in [3.05, 3.63) is 18.2 Å². The number of hydrogen-bond donors (Lipinski definition) is 1. The summed E-state index contributed by atoms with van der Waals surface area (Å²) < 4.78 is 23.3. The van der Waals surface area contributed by atoms with E-state index >= 15 is 0 Å². The Bertz CT molecular complexity index is 437. The Kier molecular flexibility index (Phi) is 3.75. The summed E-state index contributed by atoms with van der Waals surface area (Å²) in [7, 11) is 1.20. The van der Waals surface area contributed by atoms with E-state index in [0.29, 0.717) is 25.5 Å². The molecular formula is C12H18NO3P. The van der Waals surface area contributed by atoms with Crippen LogP contribution in [0.4, 0.5) is 5.69 Å². The highest BCUT2D eigenvalue weighted by molar-refractivity contribution is 7.71. The minimum Gasteiger partial charge on any atom is -0.495 e. The van der Waals surface area contributed by atoms with E-state index in [0.717, 1.165) is 16.7 Å². The van der Waals surface area contributed by atoms with Crippen LogP contribution < -0.4 is 15.4 Å². The first-order chi connectivity index (χ1) is 8.19. The standard InChI is InChI=1S/C12H18NO3P/c1-13-11-4-3-10(9-12(11)15-2)17(14)7-5-16-6-8-17/h3-4,9,13H,5-8H2,1-2H3. The molecule has 1 aromatic rings. The topological polar surface area (TPSA) is 47.6 Å². The second kappa shape index (κ2) is 5.11. The summed E-state index contributed by atoms with van der Waals surface area (Å²) in [5, 5.41) is 3.95. The van der Waals surface area contributed by atoms with Crippen LogP contribution in [0.15, 0.2) is 18.2 Å². The van der Waals surface area contributed by atoms with Crippen molar-refractivity contribution >= 4 is 18.1 Å². The summed E-state index contributed by atoms with van der Waals surface area (Å²) in [6.45, 7) is 1.18. The Morgan fingerprint density at radius 3 is 2.65 bits per heavy atom. The smallest absolute Gasteiger partial charge is 0.142 e. The highest BCUT2D eigenvalue weighted by atomic mass is 31.2. The van der Waals surface area contributed by atoms with E-state index in [1.165, 1.54) is 0 Å². The molecule has 1 N–H and O–H groups in total. The first kappa shape index (κ1) is 12.5. The zero-order valence-electron chi connectivity index (χ0n) is 10.2. The van der Waals surface area contributed by atoms with E-state index in [-0.39, 0.29) is 0 Å². The minimum absolute atomic E-state index is 0.591. The van der Waals surface area contributed by atoms with Gasteiger partial charge in [0.1, 0.15) is 12.9 Å². The molecule has 0 atom stereocenters. The quantitative estimate of drug-likeness (QED) is 0.836. The molecule has 1 saturated heterocycles. The maximum absolute atomic E-state index is 12.7. The molecular weight excluding hydrogens is 237 g/mol. The molecule has 4 nitrogen and oxygen atoms in total. The number of benzene rings is 1. The fourth-order valence-corrected chi connectivity index (χ4v) is 4.32. The van der Waals surface area contributed by atoms with E-state index in [4.69, 9.17) is 9.47 Å². The lowest BCUT2D eigenvalue weighted by Crippen LogP contribution is -2.22. The van der Waals surface area contributed by atoms with Crippen LogP contribution in [-0.2, 0) is 9.30 Å². The summed E-state index contributed by atoms with van der Waals surface area (Å²) >= 11 is 0. The van der Waals surface area contributed by atoms with E-state index in [2.05, 4.69) is 5.32 Å². The molecule has 0 saturated carbocycles. The van der Waals surface area contributed by atoms with E-state index in [1.807, 2.05) is 25.2 Å². The van der Waals surface area contributed by atoms with E-state index < -0.39 is 7.14 Å². The van der Waals surface area contributed by atoms with Gasteiger partial charge in [-0.15, -0.1) is 0 Å². The van der Waals surface area contributed by atoms with Gasteiger partial charge in [0.25, 0.3) is 0 Å². The molecule has 0 aliphatic carbocycles. The summed E-state index contributed by atoms with van der Waals surface area (Å²) in [6, 6.07) is 5.74. The zero-order valence-corrected chi connectivity index (χ0v) is 11.1. The second-order valence-corrected chi connectivity index (χ2v) is 7.27. The normalized spacial score (nSPS) is 18.7. The minimum atomic E-state index is -2.27. The van der Waals surface area contributed by atoms with Crippen molar-refractivity contribution in [3.63, 3.8) is 0 Å². The Labute approximate surface area is 102 Å². The lowest BCUT2D eigenvalue weighted by atomic mass is 10.3. The Balaban J connectivity index is 2.35. The molecule has 1 aliphatic rings. The van der Waals surface area contributed by atoms with Crippen molar-refractivity contribution in [1.29, 1.82) is 0 Å². The van der Waals surface area contributed by atoms with E-state index in [9.17, 15) is 4.57 Å². The molecule has 1 heterocycles. The van der Waals surface area contributed by atoms with Gasteiger partial charge in [0.15, 0.2) is 0 Å². The number of hydrogen-bond acceptors (Lipinski definition) is 4. The van der Waals surface area contributed by atoms with Crippen LogP contribution in [0.5, 0.6) is 5.75 Å². The molecule has 0 spiro atoms. The van der Waals surface area contributed by atoms with Crippen molar-refractivity contribution < 1.29 is 14.0 Å². The molecule has 1 fully saturated rings. The molecule has 0 radical (unpaired) electrons. The predicted molar refractivity (Wildman–Crippen MR) is 70.3 cm³/mol. The van der Waals surface area contributed by atoms with Gasteiger partial charge in [0, 0.05) is 24.7 Å². The first-order valence-electron chi connectivity index (χ1n) is 5.72.